The second-order valence-corrected chi connectivity index (χ2v) is 13.0. The fourth-order valence-corrected chi connectivity index (χ4v) is 8.83. The number of hydrogen-bond acceptors (Lipinski definition) is 8. The Hall–Kier alpha value is -1.81. The molecule has 1 heterocycles. The molecule has 1 N–H and O–H groups in total. The Morgan fingerprint density at radius 2 is 1.97 bits per heavy atom. The van der Waals surface area contributed by atoms with Gasteiger partial charge in [-0.1, -0.05) is 13.8 Å². The minimum atomic E-state index is -2.07. The van der Waals surface area contributed by atoms with Crippen molar-refractivity contribution < 1.29 is 42.8 Å². The zero-order valence-electron chi connectivity index (χ0n) is 23.2. The van der Waals surface area contributed by atoms with Crippen molar-refractivity contribution in [2.24, 2.45) is 22.7 Å². The maximum Gasteiger partial charge on any atom is 0.303 e. The van der Waals surface area contributed by atoms with Gasteiger partial charge in [0.15, 0.2) is 18.0 Å². The van der Waals surface area contributed by atoms with E-state index in [-0.39, 0.29) is 12.8 Å². The van der Waals surface area contributed by atoms with Crippen LogP contribution in [-0.2, 0) is 33.3 Å². The summed E-state index contributed by atoms with van der Waals surface area (Å²) < 4.78 is 41.3. The second kappa shape index (κ2) is 9.36. The van der Waals surface area contributed by atoms with E-state index < -0.39 is 70.3 Å². The number of ether oxygens (including phenoxy) is 4. The Labute approximate surface area is 233 Å². The van der Waals surface area contributed by atoms with Crippen LogP contribution < -0.4 is 0 Å². The summed E-state index contributed by atoms with van der Waals surface area (Å²) in [6.45, 7) is 8.07. The number of carbonyl (C=O) groups excluding carboxylic acids is 3. The number of aldehydes is 1. The minimum absolute atomic E-state index is 0.0506. The van der Waals surface area contributed by atoms with E-state index in [2.05, 4.69) is 0 Å². The van der Waals surface area contributed by atoms with Crippen molar-refractivity contribution in [2.75, 3.05) is 19.1 Å². The average Bonchev–Trinajstić information content (AvgIpc) is 3.27. The first-order valence-corrected chi connectivity index (χ1v) is 14.2. The van der Waals surface area contributed by atoms with E-state index in [0.29, 0.717) is 48.7 Å². The minimum Gasteiger partial charge on any atom is -0.497 e. The molecule has 4 aliphatic carbocycles. The van der Waals surface area contributed by atoms with Crippen LogP contribution in [0.5, 0.6) is 0 Å². The molecule has 0 radical (unpaired) electrons. The van der Waals surface area contributed by atoms with Gasteiger partial charge in [-0.2, -0.15) is 0 Å². The van der Waals surface area contributed by atoms with Crippen molar-refractivity contribution >= 4 is 29.6 Å². The molecule has 8 atom stereocenters. The van der Waals surface area contributed by atoms with Crippen LogP contribution in [0, 0.1) is 22.7 Å². The fraction of sp³-hybridized carbons (Fsp3) is 0.759. The van der Waals surface area contributed by atoms with Gasteiger partial charge in [0.05, 0.1) is 23.8 Å². The zero-order valence-corrected chi connectivity index (χ0v) is 23.9. The largest absolute Gasteiger partial charge is 0.497 e. The molecular weight excluding hydrogens is 531 g/mol. The lowest BCUT2D eigenvalue weighted by molar-refractivity contribution is -0.248. The summed E-state index contributed by atoms with van der Waals surface area (Å²) in [5, 5.41) is 11.8. The number of carbonyl (C=O) groups is 3. The maximum atomic E-state index is 17.8. The predicted octanol–water partition coefficient (Wildman–Crippen LogP) is 3.96. The molecule has 8 nitrogen and oxygen atoms in total. The molecule has 0 aromatic rings. The van der Waals surface area contributed by atoms with Crippen molar-refractivity contribution in [1.82, 2.24) is 0 Å². The molecule has 0 amide bonds. The van der Waals surface area contributed by atoms with Gasteiger partial charge in [0.2, 0.25) is 5.78 Å². The van der Waals surface area contributed by atoms with Crippen LogP contribution in [0.3, 0.4) is 0 Å². The van der Waals surface area contributed by atoms with E-state index in [1.165, 1.54) is 6.92 Å². The van der Waals surface area contributed by atoms with Crippen molar-refractivity contribution in [1.29, 1.82) is 0 Å². The normalized spacial score (nSPS) is 43.9. The second-order valence-electron chi connectivity index (χ2n) is 12.6. The number of aliphatic hydroxyl groups is 1. The number of allylic oxidation sites excluding steroid dienone is 4. The third kappa shape index (κ3) is 3.82. The first kappa shape index (κ1) is 28.7. The molecule has 1 saturated heterocycles. The summed E-state index contributed by atoms with van der Waals surface area (Å²) in [5.41, 5.74) is -4.76. The van der Waals surface area contributed by atoms with Crippen LogP contribution in [0.25, 0.3) is 0 Å². The summed E-state index contributed by atoms with van der Waals surface area (Å²) in [4.78, 5) is 37.8. The van der Waals surface area contributed by atoms with E-state index in [9.17, 15) is 19.5 Å². The summed E-state index contributed by atoms with van der Waals surface area (Å²) in [5.74, 6) is -2.43. The van der Waals surface area contributed by atoms with E-state index in [1.807, 2.05) is 6.92 Å². The van der Waals surface area contributed by atoms with Crippen molar-refractivity contribution in [3.8, 4) is 0 Å². The first-order valence-electron chi connectivity index (χ1n) is 13.7. The molecular formula is C29H38ClFO8. The van der Waals surface area contributed by atoms with Crippen LogP contribution in [-0.4, -0.2) is 71.5 Å². The van der Waals surface area contributed by atoms with Gasteiger partial charge in [0.1, 0.15) is 18.6 Å². The van der Waals surface area contributed by atoms with Crippen LogP contribution in [0.1, 0.15) is 66.7 Å². The lowest BCUT2D eigenvalue weighted by Crippen LogP contribution is -2.70. The third-order valence-electron chi connectivity index (χ3n) is 10.3. The van der Waals surface area contributed by atoms with Crippen LogP contribution >= 0.6 is 11.6 Å². The fourth-order valence-electron chi connectivity index (χ4n) is 8.75. The molecule has 2 saturated carbocycles. The highest BCUT2D eigenvalue weighted by Crippen LogP contribution is 2.72. The van der Waals surface area contributed by atoms with Gasteiger partial charge in [0, 0.05) is 30.1 Å². The molecule has 0 bridgehead atoms. The number of hydrogen-bond donors (Lipinski definition) is 1. The van der Waals surface area contributed by atoms with Crippen LogP contribution in [0.4, 0.5) is 4.39 Å². The van der Waals surface area contributed by atoms with Crippen molar-refractivity contribution in [3.63, 3.8) is 0 Å². The van der Waals surface area contributed by atoms with Gasteiger partial charge in [-0.15, -0.1) is 11.6 Å². The number of halogens is 2. The maximum absolute atomic E-state index is 17.8. The van der Waals surface area contributed by atoms with E-state index in [1.54, 1.807) is 26.8 Å². The van der Waals surface area contributed by atoms with E-state index >= 15 is 4.39 Å². The van der Waals surface area contributed by atoms with Gasteiger partial charge < -0.3 is 24.1 Å². The smallest absolute Gasteiger partial charge is 0.303 e. The number of esters is 1. The van der Waals surface area contributed by atoms with Crippen LogP contribution in [0.15, 0.2) is 23.0 Å². The SMILES string of the molecule is CC(=O)OCC(=O)[C@@]12OC(C)(C)O[C@H]1C[C@H]1[C@@H]3CC(C=O)=C4C=C(OCCCl)CC[C@]4(C)[C@@]3(F)[C@@H](O)C[C@@]12C. The number of ketones is 1. The zero-order chi connectivity index (χ0) is 28.6. The summed E-state index contributed by atoms with van der Waals surface area (Å²) in [6, 6.07) is 0. The Morgan fingerprint density at radius 1 is 1.26 bits per heavy atom. The van der Waals surface area contributed by atoms with Gasteiger partial charge in [-0.05, 0) is 62.7 Å². The predicted molar refractivity (Wildman–Crippen MR) is 138 cm³/mol. The van der Waals surface area contributed by atoms with Crippen LogP contribution in [0.2, 0.25) is 0 Å². The van der Waals surface area contributed by atoms with E-state index in [4.69, 9.17) is 30.5 Å². The lowest BCUT2D eigenvalue weighted by atomic mass is 9.44. The summed E-state index contributed by atoms with van der Waals surface area (Å²) >= 11 is 5.78. The van der Waals surface area contributed by atoms with Crippen molar-refractivity contribution in [3.05, 3.63) is 23.0 Å². The Bertz CT molecular complexity index is 1150. The summed E-state index contributed by atoms with van der Waals surface area (Å²) in [6.07, 6.45) is 1.52. The topological polar surface area (TPSA) is 108 Å². The summed E-state index contributed by atoms with van der Waals surface area (Å²) in [7, 11) is 0. The quantitative estimate of drug-likeness (QED) is 0.279. The highest BCUT2D eigenvalue weighted by atomic mass is 35.5. The first-order chi connectivity index (χ1) is 18.2. The number of alkyl halides is 2. The number of Topliss-reactive ketones (excluding diaryl/α,β-unsaturated/α-hetero) is 1. The number of rotatable bonds is 7. The number of aliphatic hydroxyl groups excluding tert-OH is 1. The Morgan fingerprint density at radius 3 is 2.62 bits per heavy atom. The molecule has 5 aliphatic rings. The molecule has 1 aliphatic heterocycles. The third-order valence-corrected chi connectivity index (χ3v) is 10.4. The molecule has 10 heteroatoms. The molecule has 0 aromatic carbocycles. The average molecular weight is 569 g/mol. The molecule has 39 heavy (non-hydrogen) atoms. The molecule has 0 unspecified atom stereocenters. The Kier molecular flexibility index (Phi) is 6.89. The van der Waals surface area contributed by atoms with Crippen molar-refractivity contribution in [2.45, 2.75) is 96.0 Å². The molecule has 5 rings (SSSR count). The van der Waals surface area contributed by atoms with Gasteiger partial charge in [0.25, 0.3) is 0 Å². The molecule has 0 spiro atoms. The van der Waals surface area contributed by atoms with Gasteiger partial charge in [-0.25, -0.2) is 4.39 Å². The highest BCUT2D eigenvalue weighted by molar-refractivity contribution is 6.18. The standard InChI is InChI=1S/C29H38ClFO8/c1-16(33)37-15-23(35)29-24(38-25(2,3)39-29)12-20-21-10-17(14-32)19-11-18(36-9-8-30)6-7-26(19,4)28(21,31)22(34)13-27(20,29)5/h11,14,20-22,24,34H,6-10,12-13,15H2,1-5H3/t20-,21-,22-,24-,26-,27-,28-,29+/m0/s1. The number of fused-ring (bicyclic) bond motifs is 7. The van der Waals surface area contributed by atoms with Gasteiger partial charge in [-0.3, -0.25) is 14.4 Å². The highest BCUT2D eigenvalue weighted by Gasteiger charge is 2.80. The van der Waals surface area contributed by atoms with Gasteiger partial charge >= 0.3 is 5.97 Å². The molecule has 216 valence electrons. The lowest BCUT2D eigenvalue weighted by Gasteiger charge is -2.63. The molecule has 3 fully saturated rings. The van der Waals surface area contributed by atoms with E-state index in [0.717, 1.165) is 6.29 Å². The Balaban J connectivity index is 1.61. The molecule has 0 aromatic heterocycles. The monoisotopic (exact) mass is 568 g/mol.